The summed E-state index contributed by atoms with van der Waals surface area (Å²) in [5.41, 5.74) is 19.2. The first kappa shape index (κ1) is 65.2. The average Bonchev–Trinajstić information content (AvgIpc) is 2.18. The van der Waals surface area contributed by atoms with E-state index in [0.29, 0.717) is 89.0 Å². The van der Waals surface area contributed by atoms with Gasteiger partial charge in [0.1, 0.15) is 40.0 Å². The van der Waals surface area contributed by atoms with Gasteiger partial charge in [0.25, 0.3) is 17.5 Å². The quantitative estimate of drug-likeness (QED) is 0.0914. The Hall–Kier alpha value is -8.38. The summed E-state index contributed by atoms with van der Waals surface area (Å²) in [6.45, 7) is 20.9. The second kappa shape index (κ2) is 29.1. The highest BCUT2D eigenvalue weighted by molar-refractivity contribution is 7.06. The summed E-state index contributed by atoms with van der Waals surface area (Å²) in [6, 6.07) is 9.16. The fraction of sp³-hybridized carbons (Fsp3) is 0.536. The zero-order valence-corrected chi connectivity index (χ0v) is 51.5. The molecule has 30 heteroatoms. The monoisotopic (exact) mass is 1230 g/mol. The lowest BCUT2D eigenvalue weighted by Crippen LogP contribution is -2.57. The van der Waals surface area contributed by atoms with Crippen LogP contribution in [-0.4, -0.2) is 191 Å². The number of nitrogens with one attached hydrogen (secondary N) is 1. The Labute approximate surface area is 507 Å². The molecule has 0 aliphatic carbocycles. The predicted octanol–water partition coefficient (Wildman–Crippen LogP) is 5.67. The van der Waals surface area contributed by atoms with Gasteiger partial charge in [0.15, 0.2) is 0 Å². The Morgan fingerprint density at radius 3 is 1.48 bits per heavy atom. The fourth-order valence-electron chi connectivity index (χ4n) is 9.53. The Bertz CT molecular complexity index is 3190. The van der Waals surface area contributed by atoms with Crippen LogP contribution in [0.5, 0.6) is 5.75 Å². The number of benzene rings is 1. The van der Waals surface area contributed by atoms with Crippen molar-refractivity contribution < 1.29 is 47.9 Å². The summed E-state index contributed by atoms with van der Waals surface area (Å²) in [6.07, 6.45) is 6.57. The van der Waals surface area contributed by atoms with Gasteiger partial charge in [-0.05, 0) is 128 Å². The van der Waals surface area contributed by atoms with Crippen molar-refractivity contribution in [1.82, 2.24) is 53.6 Å². The summed E-state index contributed by atoms with van der Waals surface area (Å²) in [5, 5.41) is 13.7. The molecule has 464 valence electrons. The molecule has 4 fully saturated rings. The number of nitro groups is 1. The topological polar surface area (TPSA) is 360 Å². The first-order chi connectivity index (χ1) is 40.7. The maximum absolute atomic E-state index is 13.0. The molecule has 9 rings (SSSR count). The minimum absolute atomic E-state index is 0.0645. The van der Waals surface area contributed by atoms with Crippen molar-refractivity contribution in [2.45, 2.75) is 117 Å². The number of piperazine rings is 2. The van der Waals surface area contributed by atoms with Crippen LogP contribution >= 0.6 is 23.1 Å². The van der Waals surface area contributed by atoms with E-state index in [0.717, 1.165) is 72.3 Å². The van der Waals surface area contributed by atoms with Gasteiger partial charge in [0.05, 0.1) is 40.1 Å². The van der Waals surface area contributed by atoms with Crippen molar-refractivity contribution in [3.05, 3.63) is 103 Å². The van der Waals surface area contributed by atoms with Crippen LogP contribution in [0.3, 0.4) is 0 Å². The molecule has 0 saturated carbocycles. The summed E-state index contributed by atoms with van der Waals surface area (Å²) < 4.78 is 24.5. The second-order valence-electron chi connectivity index (χ2n) is 23.1. The molecule has 0 bridgehead atoms. The Kier molecular flexibility index (Phi) is 22.1. The number of aryl methyl sites for hydroxylation is 2. The van der Waals surface area contributed by atoms with Crippen LogP contribution in [0.25, 0.3) is 0 Å². The van der Waals surface area contributed by atoms with Crippen molar-refractivity contribution >= 4 is 76.5 Å². The van der Waals surface area contributed by atoms with Crippen LogP contribution in [0.1, 0.15) is 121 Å². The van der Waals surface area contributed by atoms with Gasteiger partial charge in [0.2, 0.25) is 0 Å². The number of ether oxygens (including phenoxy) is 3. The molecule has 4 aliphatic rings. The minimum Gasteiger partial charge on any atom is -0.444 e. The van der Waals surface area contributed by atoms with E-state index >= 15 is 0 Å². The molecule has 2 atom stereocenters. The van der Waals surface area contributed by atoms with E-state index in [1.807, 2.05) is 46.8 Å². The molecule has 2 unspecified atom stereocenters. The van der Waals surface area contributed by atoms with Crippen LogP contribution in [0.2, 0.25) is 0 Å². The molecule has 1 aromatic carbocycles. The first-order valence-corrected chi connectivity index (χ1v) is 29.9. The lowest BCUT2D eigenvalue weighted by molar-refractivity contribution is -0.384. The highest BCUT2D eigenvalue weighted by Gasteiger charge is 2.32. The molecule has 5 aromatic rings. The molecule has 0 radical (unpaired) electrons. The van der Waals surface area contributed by atoms with Gasteiger partial charge in [-0.2, -0.15) is 8.75 Å². The number of nitrogens with two attached hydrogens (primary N) is 3. The minimum atomic E-state index is -0.615. The number of carbonyl (C=O) groups excluding carboxylic acids is 6. The Morgan fingerprint density at radius 2 is 1.07 bits per heavy atom. The highest BCUT2D eigenvalue weighted by Crippen LogP contribution is 2.25. The smallest absolute Gasteiger partial charge is 0.415 e. The van der Waals surface area contributed by atoms with Crippen molar-refractivity contribution in [3.63, 3.8) is 0 Å². The van der Waals surface area contributed by atoms with Gasteiger partial charge in [0, 0.05) is 125 Å². The number of hydrogen-bond acceptors (Lipinski definition) is 22. The number of nitrogens with zero attached hydrogens (tertiary/aromatic N) is 13. The maximum atomic E-state index is 13.0. The van der Waals surface area contributed by atoms with E-state index in [4.69, 9.17) is 36.4 Å². The number of hydrogen-bond donors (Lipinski definition) is 4. The van der Waals surface area contributed by atoms with Crippen LogP contribution in [0.4, 0.5) is 36.5 Å². The van der Waals surface area contributed by atoms with E-state index in [-0.39, 0.29) is 47.0 Å². The number of rotatable bonds is 11. The number of non-ortho nitro benzene ring substituents is 1. The number of anilines is 2. The molecule has 4 aromatic heterocycles. The zero-order valence-electron chi connectivity index (χ0n) is 49.9. The number of primary amides is 2. The largest absolute Gasteiger partial charge is 0.444 e. The van der Waals surface area contributed by atoms with Crippen molar-refractivity contribution in [3.8, 4) is 5.75 Å². The SMILES string of the molecule is CC(C)(C)OC(=O)N1CCN(C(=O)Oc2ccc([N+](=O)[O-])cc2)CC1.Cc1cc(Cc2nc(N3CCCC(N)C3)cnc2C(N)=O)sn1.Cc1cc(Cc2nc(N3CCCC(NC(=O)N4CCN(C(=O)OC(C)(C)C)CC4)C3)cnc2C(N)=O)sn1. The summed E-state index contributed by atoms with van der Waals surface area (Å²) in [4.78, 5) is 114. The van der Waals surface area contributed by atoms with E-state index in [1.54, 1.807) is 47.9 Å². The van der Waals surface area contributed by atoms with Gasteiger partial charge in [-0.1, -0.05) is 0 Å². The maximum Gasteiger partial charge on any atom is 0.415 e. The average molecular weight is 1230 g/mol. The molecule has 8 heterocycles. The zero-order chi connectivity index (χ0) is 62.5. The van der Waals surface area contributed by atoms with Gasteiger partial charge >= 0.3 is 24.3 Å². The molecule has 28 nitrogen and oxygen atoms in total. The van der Waals surface area contributed by atoms with Crippen LogP contribution in [0.15, 0.2) is 48.8 Å². The normalized spacial score (nSPS) is 17.3. The number of amides is 7. The fourth-order valence-corrected chi connectivity index (χ4v) is 11.0. The molecule has 7 amide bonds. The highest BCUT2D eigenvalue weighted by atomic mass is 32.1. The number of aromatic nitrogens is 6. The van der Waals surface area contributed by atoms with E-state index in [2.05, 4.69) is 38.8 Å². The van der Waals surface area contributed by atoms with Crippen molar-refractivity contribution in [2.75, 3.05) is 88.3 Å². The van der Waals surface area contributed by atoms with Crippen LogP contribution in [-0.2, 0) is 22.3 Å². The predicted molar refractivity (Wildman–Crippen MR) is 321 cm³/mol. The van der Waals surface area contributed by atoms with E-state index in [9.17, 15) is 38.9 Å². The van der Waals surface area contributed by atoms with Crippen molar-refractivity contribution in [2.24, 2.45) is 17.2 Å². The first-order valence-electron chi connectivity index (χ1n) is 28.3. The lowest BCUT2D eigenvalue weighted by Gasteiger charge is -2.38. The molecule has 7 N–H and O–H groups in total. The van der Waals surface area contributed by atoms with E-state index < -0.39 is 40.1 Å². The molecule has 0 spiro atoms. The number of carbonyl (C=O) groups is 6. The van der Waals surface area contributed by atoms with Gasteiger partial charge in [-0.3, -0.25) is 19.7 Å². The third-order valence-electron chi connectivity index (χ3n) is 13.7. The van der Waals surface area contributed by atoms with Crippen LogP contribution < -0.4 is 37.1 Å². The van der Waals surface area contributed by atoms with Gasteiger partial charge < -0.3 is 66.1 Å². The molecule has 4 aliphatic heterocycles. The number of piperidine rings is 2. The third-order valence-corrected chi connectivity index (χ3v) is 15.4. The standard InChI is InChI=1S/C25H36N8O4S.C16H21N3O6.C15H20N6OS/c1-16-12-18(38-30-16)13-19-21(22(26)34)27-14-20(29-19)33-7-5-6-17(15-33)28-23(35)31-8-10-32(11-9-31)24(36)37-25(2,3)4;1-16(2,3)25-15(21)18-10-8-17(9-11-18)14(20)24-13-6-4-12(5-7-13)19(22)23;1-9-5-11(23-20-9)6-12-14(15(17)22)18-7-13(19-12)21-4-2-3-10(16)8-21/h12,14,17H,5-11,13,15H2,1-4H3,(H2,26,34)(H,28,35);4-7H,8-11H2,1-3H3;5,7,10H,2-4,6,8,16H2,1H3,(H2,17,22). The number of urea groups is 1. The molecular formula is C56H77N17O11S2. The van der Waals surface area contributed by atoms with Gasteiger partial charge in [-0.15, -0.1) is 0 Å². The number of nitro benzene ring substituents is 1. The second-order valence-corrected chi connectivity index (χ2v) is 24.9. The molecular weight excluding hydrogens is 1150 g/mol. The van der Waals surface area contributed by atoms with E-state index in [1.165, 1.54) is 52.2 Å². The Balaban J connectivity index is 0.000000193. The summed E-state index contributed by atoms with van der Waals surface area (Å²) >= 11 is 2.77. The lowest BCUT2D eigenvalue weighted by atomic mass is 10.1. The summed E-state index contributed by atoms with van der Waals surface area (Å²) in [5.74, 6) is 0.453. The summed E-state index contributed by atoms with van der Waals surface area (Å²) in [7, 11) is 0. The van der Waals surface area contributed by atoms with Crippen molar-refractivity contribution in [1.29, 1.82) is 0 Å². The Morgan fingerprint density at radius 1 is 0.640 bits per heavy atom. The van der Waals surface area contributed by atoms with Gasteiger partial charge in [-0.25, -0.2) is 39.1 Å². The molecule has 86 heavy (non-hydrogen) atoms. The van der Waals surface area contributed by atoms with Crippen LogP contribution in [0, 0.1) is 24.0 Å². The molecule has 4 saturated heterocycles. The third kappa shape index (κ3) is 19.3.